The molecule has 1 aromatic rings. The van der Waals surface area contributed by atoms with E-state index in [1.165, 1.54) is 0 Å². The Morgan fingerprint density at radius 1 is 1.47 bits per heavy atom. The second-order valence-electron chi connectivity index (χ2n) is 3.53. The molecule has 3 heteroatoms. The molecular weight excluding hydrogens is 190 g/mol. The van der Waals surface area contributed by atoms with Gasteiger partial charge in [-0.05, 0) is 18.1 Å². The highest BCUT2D eigenvalue weighted by Crippen LogP contribution is 2.15. The van der Waals surface area contributed by atoms with Gasteiger partial charge in [-0.15, -0.1) is 0 Å². The number of carbonyl (C=O) groups excluding carboxylic acids is 1. The van der Waals surface area contributed by atoms with Gasteiger partial charge in [-0.1, -0.05) is 31.2 Å². The van der Waals surface area contributed by atoms with Crippen LogP contribution in [0.15, 0.2) is 24.3 Å². The zero-order valence-electron chi connectivity index (χ0n) is 9.16. The molecule has 1 unspecified atom stereocenters. The first-order chi connectivity index (χ1) is 7.15. The Kier molecular flexibility index (Phi) is 4.31. The first-order valence-corrected chi connectivity index (χ1v) is 5.15. The highest BCUT2D eigenvalue weighted by atomic mass is 16.3. The molecular formula is C12H17NO2. The summed E-state index contributed by atoms with van der Waals surface area (Å²) in [6, 6.07) is 7.63. The third-order valence-corrected chi connectivity index (χ3v) is 2.36. The van der Waals surface area contributed by atoms with Crippen LogP contribution in [0.3, 0.4) is 0 Å². The van der Waals surface area contributed by atoms with Crippen molar-refractivity contribution in [2.75, 3.05) is 6.54 Å². The fraction of sp³-hybridized carbons (Fsp3) is 0.417. The lowest BCUT2D eigenvalue weighted by molar-refractivity contribution is -0.121. The Morgan fingerprint density at radius 3 is 2.73 bits per heavy atom. The molecule has 3 nitrogen and oxygen atoms in total. The number of nitrogens with one attached hydrogen (secondary N) is 1. The number of hydrogen-bond acceptors (Lipinski definition) is 2. The van der Waals surface area contributed by atoms with Crippen LogP contribution in [-0.4, -0.2) is 17.6 Å². The van der Waals surface area contributed by atoms with E-state index >= 15 is 0 Å². The summed E-state index contributed by atoms with van der Waals surface area (Å²) in [6.45, 7) is 4.01. The lowest BCUT2D eigenvalue weighted by Crippen LogP contribution is -2.27. The molecule has 0 fully saturated rings. The zero-order chi connectivity index (χ0) is 11.3. The average Bonchev–Trinajstić information content (AvgIpc) is 2.26. The molecule has 0 spiro atoms. The Balaban J connectivity index is 2.57. The summed E-state index contributed by atoms with van der Waals surface area (Å²) in [5, 5.41) is 12.5. The number of aliphatic hydroxyl groups is 1. The number of aryl methyl sites for hydroxylation is 1. The van der Waals surface area contributed by atoms with Gasteiger partial charge in [-0.2, -0.15) is 0 Å². The van der Waals surface area contributed by atoms with Gasteiger partial charge in [-0.25, -0.2) is 0 Å². The lowest BCUT2D eigenvalue weighted by Gasteiger charge is -2.14. The Hall–Kier alpha value is -1.35. The molecule has 1 atom stereocenters. The first kappa shape index (κ1) is 11.7. The van der Waals surface area contributed by atoms with E-state index in [9.17, 15) is 9.90 Å². The Bertz CT molecular complexity index is 336. The minimum Gasteiger partial charge on any atom is -0.387 e. The summed E-state index contributed by atoms with van der Waals surface area (Å²) in [6.07, 6.45) is -0.178. The van der Waals surface area contributed by atoms with Crippen LogP contribution in [0.1, 0.15) is 30.6 Å². The summed E-state index contributed by atoms with van der Waals surface area (Å²) in [5.41, 5.74) is 1.91. The minimum atomic E-state index is -0.623. The molecule has 15 heavy (non-hydrogen) atoms. The van der Waals surface area contributed by atoms with Crippen molar-refractivity contribution in [1.82, 2.24) is 5.32 Å². The van der Waals surface area contributed by atoms with E-state index in [2.05, 4.69) is 5.32 Å². The molecule has 2 N–H and O–H groups in total. The van der Waals surface area contributed by atoms with Gasteiger partial charge in [0.25, 0.3) is 0 Å². The third-order valence-electron chi connectivity index (χ3n) is 2.36. The molecule has 0 aliphatic rings. The van der Waals surface area contributed by atoms with Crippen LogP contribution >= 0.6 is 0 Å². The number of amides is 1. The fourth-order valence-electron chi connectivity index (χ4n) is 1.41. The van der Waals surface area contributed by atoms with Gasteiger partial charge in [-0.3, -0.25) is 4.79 Å². The van der Waals surface area contributed by atoms with Crippen molar-refractivity contribution in [3.8, 4) is 0 Å². The monoisotopic (exact) mass is 207 g/mol. The van der Waals surface area contributed by atoms with Crippen molar-refractivity contribution in [3.05, 3.63) is 35.4 Å². The molecule has 0 heterocycles. The minimum absolute atomic E-state index is 0.0392. The van der Waals surface area contributed by atoms with Gasteiger partial charge >= 0.3 is 0 Å². The van der Waals surface area contributed by atoms with Gasteiger partial charge in [0.15, 0.2) is 0 Å². The van der Waals surface area contributed by atoms with Gasteiger partial charge in [0.1, 0.15) is 0 Å². The molecule has 0 aromatic heterocycles. The van der Waals surface area contributed by atoms with Crippen molar-refractivity contribution >= 4 is 5.91 Å². The first-order valence-electron chi connectivity index (χ1n) is 5.15. The summed E-state index contributed by atoms with van der Waals surface area (Å²) >= 11 is 0. The number of hydrogen-bond donors (Lipinski definition) is 2. The lowest BCUT2D eigenvalue weighted by atomic mass is 10.0. The number of benzene rings is 1. The maximum atomic E-state index is 11.0. The zero-order valence-corrected chi connectivity index (χ0v) is 9.16. The molecule has 1 aromatic carbocycles. The smallest absolute Gasteiger partial charge is 0.219 e. The summed E-state index contributed by atoms with van der Waals surface area (Å²) in [7, 11) is 0. The third kappa shape index (κ3) is 3.36. The molecule has 0 aliphatic heterocycles. The molecule has 0 bridgehead atoms. The van der Waals surface area contributed by atoms with Crippen LogP contribution < -0.4 is 5.32 Å². The standard InChI is InChI=1S/C12H17NO2/c1-3-12(15)13-8-11(14)10-7-5-4-6-9(10)2/h4-7,11,14H,3,8H2,1-2H3,(H,13,15). The second-order valence-corrected chi connectivity index (χ2v) is 3.53. The molecule has 0 aliphatic carbocycles. The average molecular weight is 207 g/mol. The molecule has 0 radical (unpaired) electrons. The molecule has 82 valence electrons. The van der Waals surface area contributed by atoms with Gasteiger partial charge in [0, 0.05) is 13.0 Å². The van der Waals surface area contributed by atoms with Crippen LogP contribution in [0.25, 0.3) is 0 Å². The van der Waals surface area contributed by atoms with E-state index < -0.39 is 6.10 Å². The normalized spacial score (nSPS) is 12.2. The quantitative estimate of drug-likeness (QED) is 0.787. The van der Waals surface area contributed by atoms with Crippen molar-refractivity contribution < 1.29 is 9.90 Å². The Morgan fingerprint density at radius 2 is 2.13 bits per heavy atom. The molecule has 0 saturated heterocycles. The van der Waals surface area contributed by atoms with Crippen LogP contribution in [0.5, 0.6) is 0 Å². The highest BCUT2D eigenvalue weighted by Gasteiger charge is 2.10. The van der Waals surface area contributed by atoms with Gasteiger partial charge < -0.3 is 10.4 Å². The Labute approximate surface area is 90.1 Å². The van der Waals surface area contributed by atoms with E-state index in [0.717, 1.165) is 11.1 Å². The van der Waals surface area contributed by atoms with Crippen molar-refractivity contribution in [3.63, 3.8) is 0 Å². The van der Waals surface area contributed by atoms with Crippen molar-refractivity contribution in [2.24, 2.45) is 0 Å². The van der Waals surface area contributed by atoms with Crippen molar-refractivity contribution in [1.29, 1.82) is 0 Å². The van der Waals surface area contributed by atoms with Crippen molar-refractivity contribution in [2.45, 2.75) is 26.4 Å². The summed E-state index contributed by atoms with van der Waals surface area (Å²) < 4.78 is 0. The second kappa shape index (κ2) is 5.51. The number of carbonyl (C=O) groups is 1. The molecule has 0 saturated carbocycles. The fourth-order valence-corrected chi connectivity index (χ4v) is 1.41. The SMILES string of the molecule is CCC(=O)NCC(O)c1ccccc1C. The highest BCUT2D eigenvalue weighted by molar-refractivity contribution is 5.75. The van der Waals surface area contributed by atoms with E-state index in [4.69, 9.17) is 0 Å². The van der Waals surface area contributed by atoms with Crippen LogP contribution in [0.2, 0.25) is 0 Å². The van der Waals surface area contributed by atoms with Gasteiger partial charge in [0.2, 0.25) is 5.91 Å². The molecule has 1 rings (SSSR count). The largest absolute Gasteiger partial charge is 0.387 e. The van der Waals surface area contributed by atoms with E-state index in [-0.39, 0.29) is 12.5 Å². The van der Waals surface area contributed by atoms with Gasteiger partial charge in [0.05, 0.1) is 6.10 Å². The van der Waals surface area contributed by atoms with Crippen LogP contribution in [0, 0.1) is 6.92 Å². The van der Waals surface area contributed by atoms with E-state index in [1.807, 2.05) is 31.2 Å². The number of rotatable bonds is 4. The van der Waals surface area contributed by atoms with E-state index in [0.29, 0.717) is 6.42 Å². The maximum Gasteiger partial charge on any atom is 0.219 e. The summed E-state index contributed by atoms with van der Waals surface area (Å²) in [5.74, 6) is -0.0392. The maximum absolute atomic E-state index is 11.0. The predicted molar refractivity (Wildman–Crippen MR) is 59.4 cm³/mol. The topological polar surface area (TPSA) is 49.3 Å². The predicted octanol–water partition coefficient (Wildman–Crippen LogP) is 1.55. The number of aliphatic hydroxyl groups excluding tert-OH is 1. The summed E-state index contributed by atoms with van der Waals surface area (Å²) in [4.78, 5) is 11.0. The van der Waals surface area contributed by atoms with Crippen LogP contribution in [0.4, 0.5) is 0 Å². The van der Waals surface area contributed by atoms with E-state index in [1.54, 1.807) is 6.92 Å². The van der Waals surface area contributed by atoms with Crippen LogP contribution in [-0.2, 0) is 4.79 Å². The molecule has 1 amide bonds.